The van der Waals surface area contributed by atoms with Gasteiger partial charge >= 0.3 is 0 Å². The first kappa shape index (κ1) is 13.9. The molecule has 0 saturated heterocycles. The lowest BCUT2D eigenvalue weighted by Crippen LogP contribution is -2.35. The van der Waals surface area contributed by atoms with Crippen LogP contribution in [-0.2, 0) is 0 Å². The van der Waals surface area contributed by atoms with E-state index in [2.05, 4.69) is 29.1 Å². The lowest BCUT2D eigenvalue weighted by atomic mass is 9.78. The third-order valence-corrected chi connectivity index (χ3v) is 4.12. The lowest BCUT2D eigenvalue weighted by molar-refractivity contribution is 0.252. The highest BCUT2D eigenvalue weighted by Crippen LogP contribution is 2.31. The smallest absolute Gasteiger partial charge is 0.229 e. The van der Waals surface area contributed by atoms with Gasteiger partial charge in [-0.15, -0.1) is 0 Å². The van der Waals surface area contributed by atoms with Gasteiger partial charge in [0.25, 0.3) is 0 Å². The van der Waals surface area contributed by atoms with Gasteiger partial charge in [0.05, 0.1) is 20.3 Å². The largest absolute Gasteiger partial charge is 0.481 e. The zero-order chi connectivity index (χ0) is 13.8. The Hall–Kier alpha value is -1.52. The van der Waals surface area contributed by atoms with Crippen LogP contribution in [0.15, 0.2) is 6.07 Å². The fourth-order valence-electron chi connectivity index (χ4n) is 2.63. The molecule has 0 bridgehead atoms. The molecule has 3 atom stereocenters. The van der Waals surface area contributed by atoms with E-state index in [4.69, 9.17) is 9.47 Å². The van der Waals surface area contributed by atoms with E-state index >= 15 is 0 Å². The minimum atomic E-state index is 0.417. The van der Waals surface area contributed by atoms with E-state index in [0.717, 1.165) is 12.3 Å². The lowest BCUT2D eigenvalue weighted by Gasteiger charge is -2.34. The molecule has 0 amide bonds. The van der Waals surface area contributed by atoms with Crippen LogP contribution in [0.1, 0.15) is 33.1 Å². The van der Waals surface area contributed by atoms with Gasteiger partial charge < -0.3 is 14.8 Å². The van der Waals surface area contributed by atoms with Crippen molar-refractivity contribution < 1.29 is 9.47 Å². The Balaban J connectivity index is 2.13. The molecule has 1 heterocycles. The van der Waals surface area contributed by atoms with E-state index in [0.29, 0.717) is 29.7 Å². The van der Waals surface area contributed by atoms with Crippen molar-refractivity contribution in [3.63, 3.8) is 0 Å². The molecule has 5 nitrogen and oxygen atoms in total. The van der Waals surface area contributed by atoms with Gasteiger partial charge in [0.2, 0.25) is 17.7 Å². The molecule has 1 aromatic rings. The molecule has 0 spiro atoms. The topological polar surface area (TPSA) is 56.3 Å². The number of aromatic nitrogens is 2. The summed E-state index contributed by atoms with van der Waals surface area (Å²) in [4.78, 5) is 8.66. The summed E-state index contributed by atoms with van der Waals surface area (Å²) < 4.78 is 10.3. The molecule has 1 aliphatic rings. The highest BCUT2D eigenvalue weighted by atomic mass is 16.5. The number of nitrogens with one attached hydrogen (secondary N) is 1. The molecule has 1 aliphatic carbocycles. The van der Waals surface area contributed by atoms with Crippen molar-refractivity contribution in [2.45, 2.75) is 39.2 Å². The van der Waals surface area contributed by atoms with Gasteiger partial charge in [0.15, 0.2) is 0 Å². The monoisotopic (exact) mass is 265 g/mol. The molecular weight excluding hydrogens is 242 g/mol. The summed E-state index contributed by atoms with van der Waals surface area (Å²) in [6.07, 6.45) is 3.72. The van der Waals surface area contributed by atoms with Gasteiger partial charge in [0.1, 0.15) is 0 Å². The number of hydrogen-bond donors (Lipinski definition) is 1. The van der Waals surface area contributed by atoms with Crippen molar-refractivity contribution in [2.75, 3.05) is 19.5 Å². The molecule has 19 heavy (non-hydrogen) atoms. The van der Waals surface area contributed by atoms with Crippen LogP contribution in [0.25, 0.3) is 0 Å². The first-order chi connectivity index (χ1) is 9.13. The maximum atomic E-state index is 5.16. The second kappa shape index (κ2) is 6.08. The van der Waals surface area contributed by atoms with Crippen molar-refractivity contribution in [1.29, 1.82) is 0 Å². The highest BCUT2D eigenvalue weighted by Gasteiger charge is 2.27. The summed E-state index contributed by atoms with van der Waals surface area (Å²) in [6, 6.07) is 2.10. The number of ether oxygens (including phenoxy) is 2. The number of anilines is 1. The van der Waals surface area contributed by atoms with Crippen LogP contribution in [0, 0.1) is 11.8 Å². The third kappa shape index (κ3) is 3.28. The van der Waals surface area contributed by atoms with Gasteiger partial charge in [-0.1, -0.05) is 26.7 Å². The van der Waals surface area contributed by atoms with Crippen LogP contribution in [0.5, 0.6) is 11.8 Å². The molecule has 106 valence electrons. The van der Waals surface area contributed by atoms with Gasteiger partial charge in [0, 0.05) is 6.04 Å². The molecular formula is C14H23N3O2. The predicted molar refractivity (Wildman–Crippen MR) is 74.7 cm³/mol. The van der Waals surface area contributed by atoms with E-state index < -0.39 is 0 Å². The van der Waals surface area contributed by atoms with Gasteiger partial charge in [-0.05, 0) is 18.3 Å². The van der Waals surface area contributed by atoms with E-state index in [-0.39, 0.29) is 0 Å². The van der Waals surface area contributed by atoms with E-state index in [1.807, 2.05) is 0 Å². The summed E-state index contributed by atoms with van der Waals surface area (Å²) in [5.74, 6) is 2.98. The van der Waals surface area contributed by atoms with Crippen molar-refractivity contribution in [1.82, 2.24) is 9.97 Å². The van der Waals surface area contributed by atoms with Crippen LogP contribution < -0.4 is 14.8 Å². The molecule has 0 radical (unpaired) electrons. The summed E-state index contributed by atoms with van der Waals surface area (Å²) in [6.45, 7) is 4.60. The fourth-order valence-corrected chi connectivity index (χ4v) is 2.63. The SMILES string of the molecule is COc1cc(OC)nc(NC2CCCC(C)C2C)n1. The molecule has 1 fully saturated rings. The Morgan fingerprint density at radius 3 is 2.32 bits per heavy atom. The molecule has 1 saturated carbocycles. The number of nitrogens with zero attached hydrogens (tertiary/aromatic N) is 2. The normalized spacial score (nSPS) is 26.8. The quantitative estimate of drug-likeness (QED) is 0.907. The summed E-state index contributed by atoms with van der Waals surface area (Å²) in [5, 5.41) is 3.43. The average molecular weight is 265 g/mol. The van der Waals surface area contributed by atoms with Crippen molar-refractivity contribution in [3.8, 4) is 11.8 Å². The van der Waals surface area contributed by atoms with Crippen LogP contribution >= 0.6 is 0 Å². The minimum absolute atomic E-state index is 0.417. The first-order valence-electron chi connectivity index (χ1n) is 6.87. The Labute approximate surface area is 114 Å². The number of rotatable bonds is 4. The van der Waals surface area contributed by atoms with Gasteiger partial charge in [-0.3, -0.25) is 0 Å². The standard InChI is InChI=1S/C14H23N3O2/c1-9-6-5-7-11(10(9)2)15-14-16-12(18-3)8-13(17-14)19-4/h8-11H,5-7H2,1-4H3,(H,15,16,17). The number of hydrogen-bond acceptors (Lipinski definition) is 5. The van der Waals surface area contributed by atoms with E-state index in [9.17, 15) is 0 Å². The first-order valence-corrected chi connectivity index (χ1v) is 6.87. The molecule has 1 aromatic heterocycles. The Morgan fingerprint density at radius 1 is 1.11 bits per heavy atom. The fraction of sp³-hybridized carbons (Fsp3) is 0.714. The summed E-state index contributed by atoms with van der Waals surface area (Å²) >= 11 is 0. The third-order valence-electron chi connectivity index (χ3n) is 4.12. The molecule has 0 aromatic carbocycles. The maximum Gasteiger partial charge on any atom is 0.229 e. The Morgan fingerprint density at radius 2 is 1.74 bits per heavy atom. The van der Waals surface area contributed by atoms with E-state index in [1.54, 1.807) is 20.3 Å². The summed E-state index contributed by atoms with van der Waals surface area (Å²) in [7, 11) is 3.19. The zero-order valence-electron chi connectivity index (χ0n) is 12.1. The molecule has 3 unspecified atom stereocenters. The van der Waals surface area contributed by atoms with Crippen LogP contribution in [0.3, 0.4) is 0 Å². The van der Waals surface area contributed by atoms with Crippen LogP contribution in [0.2, 0.25) is 0 Å². The number of methoxy groups -OCH3 is 2. The maximum absolute atomic E-state index is 5.16. The molecule has 0 aliphatic heterocycles. The summed E-state index contributed by atoms with van der Waals surface area (Å²) in [5.41, 5.74) is 0. The Kier molecular flexibility index (Phi) is 4.45. The predicted octanol–water partition coefficient (Wildman–Crippen LogP) is 2.73. The average Bonchev–Trinajstić information content (AvgIpc) is 2.43. The molecule has 1 N–H and O–H groups in total. The minimum Gasteiger partial charge on any atom is -0.481 e. The van der Waals surface area contributed by atoms with Crippen molar-refractivity contribution in [3.05, 3.63) is 6.07 Å². The zero-order valence-corrected chi connectivity index (χ0v) is 12.1. The van der Waals surface area contributed by atoms with Crippen molar-refractivity contribution >= 4 is 5.95 Å². The molecule has 5 heteroatoms. The van der Waals surface area contributed by atoms with E-state index in [1.165, 1.54) is 12.8 Å². The van der Waals surface area contributed by atoms with Gasteiger partial charge in [-0.25, -0.2) is 0 Å². The van der Waals surface area contributed by atoms with Crippen LogP contribution in [-0.4, -0.2) is 30.2 Å². The van der Waals surface area contributed by atoms with Gasteiger partial charge in [-0.2, -0.15) is 9.97 Å². The molecule has 2 rings (SSSR count). The van der Waals surface area contributed by atoms with Crippen LogP contribution in [0.4, 0.5) is 5.95 Å². The Bertz CT molecular complexity index is 403. The second-order valence-corrected chi connectivity index (χ2v) is 5.29. The second-order valence-electron chi connectivity index (χ2n) is 5.29. The highest BCUT2D eigenvalue weighted by molar-refractivity contribution is 5.34. The van der Waals surface area contributed by atoms with Crippen molar-refractivity contribution in [2.24, 2.45) is 11.8 Å².